The third-order valence-electron chi connectivity index (χ3n) is 6.76. The third-order valence-corrected chi connectivity index (χ3v) is 7.35. The summed E-state index contributed by atoms with van der Waals surface area (Å²) in [5, 5.41) is 4.20. The van der Waals surface area contributed by atoms with Crippen molar-refractivity contribution in [2.75, 3.05) is 0 Å². The maximum Gasteiger partial charge on any atom is 0.243 e. The molecule has 2 amide bonds. The lowest BCUT2D eigenvalue weighted by molar-refractivity contribution is -0.141. The van der Waals surface area contributed by atoms with Crippen LogP contribution in [0.1, 0.15) is 47.9 Å². The van der Waals surface area contributed by atoms with Crippen LogP contribution in [0.15, 0.2) is 72.8 Å². The second kappa shape index (κ2) is 12.4. The maximum atomic E-state index is 13.9. The first kappa shape index (κ1) is 26.2. The van der Waals surface area contributed by atoms with Gasteiger partial charge in [-0.1, -0.05) is 102 Å². The van der Waals surface area contributed by atoms with E-state index in [1.165, 1.54) is 0 Å². The lowest BCUT2D eigenvalue weighted by atomic mass is 10.0. The molecular weight excluding hydrogens is 491 g/mol. The second-order valence-corrected chi connectivity index (χ2v) is 10.5. The Hall–Kier alpha value is -2.82. The smallest absolute Gasteiger partial charge is 0.243 e. The third kappa shape index (κ3) is 7.11. The minimum absolute atomic E-state index is 0.0871. The Morgan fingerprint density at radius 2 is 1.67 bits per heavy atom. The molecule has 1 N–H and O–H groups in total. The van der Waals surface area contributed by atoms with Crippen LogP contribution in [0.4, 0.5) is 0 Å². The number of hydrogen-bond acceptors (Lipinski definition) is 2. The van der Waals surface area contributed by atoms with Crippen molar-refractivity contribution in [2.45, 2.75) is 64.1 Å². The molecule has 1 atom stereocenters. The fourth-order valence-corrected chi connectivity index (χ4v) is 5.33. The molecule has 3 aromatic carbocycles. The van der Waals surface area contributed by atoms with Gasteiger partial charge in [-0.15, -0.1) is 0 Å². The SMILES string of the molecule is Cc1cccc(CN(C(=O)Cc2ccc(Cl)cc2Cl)[C@H](Cc2ccccc2)C(=O)NC2CCCC2)c1. The zero-order valence-corrected chi connectivity index (χ0v) is 22.1. The second-order valence-electron chi connectivity index (χ2n) is 9.62. The molecule has 36 heavy (non-hydrogen) atoms. The average molecular weight is 524 g/mol. The predicted octanol–water partition coefficient (Wildman–Crippen LogP) is 6.54. The standard InChI is InChI=1S/C30H32Cl2N2O2/c1-21-8-7-11-23(16-21)20-34(29(35)18-24-14-15-25(31)19-27(24)32)28(17-22-9-3-2-4-10-22)30(36)33-26-12-5-6-13-26/h2-4,7-11,14-16,19,26,28H,5-6,12-13,17-18,20H2,1H3,(H,33,36)/t28-/m1/s1. The molecule has 1 aliphatic rings. The van der Waals surface area contributed by atoms with Gasteiger partial charge in [-0.25, -0.2) is 0 Å². The number of carbonyl (C=O) groups excluding carboxylic acids is 2. The van der Waals surface area contributed by atoms with E-state index in [1.807, 2.05) is 55.5 Å². The van der Waals surface area contributed by atoms with Crippen LogP contribution in [0.5, 0.6) is 0 Å². The molecule has 1 fully saturated rings. The van der Waals surface area contributed by atoms with Gasteiger partial charge in [-0.05, 0) is 48.6 Å². The summed E-state index contributed by atoms with van der Waals surface area (Å²) in [4.78, 5) is 29.3. The van der Waals surface area contributed by atoms with E-state index in [2.05, 4.69) is 11.4 Å². The fraction of sp³-hybridized carbons (Fsp3) is 0.333. The molecule has 6 heteroatoms. The number of nitrogens with one attached hydrogen (secondary N) is 1. The van der Waals surface area contributed by atoms with Gasteiger partial charge < -0.3 is 10.2 Å². The van der Waals surface area contributed by atoms with Crippen molar-refractivity contribution in [1.82, 2.24) is 10.2 Å². The van der Waals surface area contributed by atoms with Crippen LogP contribution >= 0.6 is 23.2 Å². The summed E-state index contributed by atoms with van der Waals surface area (Å²) in [6.07, 6.45) is 4.73. The van der Waals surface area contributed by atoms with E-state index in [0.29, 0.717) is 28.6 Å². The number of halogens is 2. The Morgan fingerprint density at radius 1 is 0.944 bits per heavy atom. The lowest BCUT2D eigenvalue weighted by Gasteiger charge is -2.32. The predicted molar refractivity (Wildman–Crippen MR) is 146 cm³/mol. The lowest BCUT2D eigenvalue weighted by Crippen LogP contribution is -2.52. The molecule has 0 unspecified atom stereocenters. The normalized spacial score (nSPS) is 14.4. The molecule has 0 bridgehead atoms. The minimum atomic E-state index is -0.646. The Morgan fingerprint density at radius 3 is 2.36 bits per heavy atom. The molecule has 0 aromatic heterocycles. The summed E-state index contributed by atoms with van der Waals surface area (Å²) in [6, 6.07) is 22.6. The van der Waals surface area contributed by atoms with E-state index < -0.39 is 6.04 Å². The quantitative estimate of drug-likeness (QED) is 0.346. The van der Waals surface area contributed by atoms with Crippen LogP contribution in [0, 0.1) is 6.92 Å². The first-order valence-electron chi connectivity index (χ1n) is 12.5. The molecule has 4 nitrogen and oxygen atoms in total. The van der Waals surface area contributed by atoms with Gasteiger partial charge in [-0.2, -0.15) is 0 Å². The zero-order chi connectivity index (χ0) is 25.5. The molecule has 1 aliphatic carbocycles. The summed E-state index contributed by atoms with van der Waals surface area (Å²) < 4.78 is 0. The zero-order valence-electron chi connectivity index (χ0n) is 20.6. The highest BCUT2D eigenvalue weighted by atomic mass is 35.5. The molecule has 0 heterocycles. The highest BCUT2D eigenvalue weighted by Gasteiger charge is 2.32. The van der Waals surface area contributed by atoms with E-state index in [0.717, 1.165) is 42.4 Å². The van der Waals surface area contributed by atoms with Crippen LogP contribution in [-0.4, -0.2) is 28.8 Å². The van der Waals surface area contributed by atoms with Crippen molar-refractivity contribution in [3.8, 4) is 0 Å². The molecule has 0 aliphatic heterocycles. The van der Waals surface area contributed by atoms with Crippen molar-refractivity contribution in [3.05, 3.63) is 105 Å². The summed E-state index contributed by atoms with van der Waals surface area (Å²) in [5.41, 5.74) is 3.79. The van der Waals surface area contributed by atoms with Crippen molar-refractivity contribution in [3.63, 3.8) is 0 Å². The molecule has 1 saturated carbocycles. The molecule has 3 aromatic rings. The first-order valence-corrected chi connectivity index (χ1v) is 13.3. The Labute approximate surface area is 223 Å². The first-order chi connectivity index (χ1) is 17.4. The minimum Gasteiger partial charge on any atom is -0.352 e. The molecule has 0 spiro atoms. The van der Waals surface area contributed by atoms with E-state index in [1.54, 1.807) is 23.1 Å². The summed E-state index contributed by atoms with van der Waals surface area (Å²) in [7, 11) is 0. The number of aryl methyl sites for hydroxylation is 1. The topological polar surface area (TPSA) is 49.4 Å². The van der Waals surface area contributed by atoms with Gasteiger partial charge in [0.2, 0.25) is 11.8 Å². The Kier molecular flexibility index (Phi) is 9.06. The number of rotatable bonds is 9. The van der Waals surface area contributed by atoms with Gasteiger partial charge in [0, 0.05) is 29.1 Å². The summed E-state index contributed by atoms with van der Waals surface area (Å²) in [6.45, 7) is 2.36. The van der Waals surface area contributed by atoms with Crippen molar-refractivity contribution in [1.29, 1.82) is 0 Å². The van der Waals surface area contributed by atoms with Crippen molar-refractivity contribution in [2.24, 2.45) is 0 Å². The molecule has 188 valence electrons. The average Bonchev–Trinajstić information content (AvgIpc) is 3.36. The van der Waals surface area contributed by atoms with Crippen LogP contribution in [0.2, 0.25) is 10.0 Å². The molecule has 4 rings (SSSR count). The Bertz CT molecular complexity index is 1190. The van der Waals surface area contributed by atoms with Gasteiger partial charge in [0.05, 0.1) is 6.42 Å². The monoisotopic (exact) mass is 522 g/mol. The van der Waals surface area contributed by atoms with Crippen molar-refractivity contribution < 1.29 is 9.59 Å². The van der Waals surface area contributed by atoms with Gasteiger partial charge in [0.15, 0.2) is 0 Å². The largest absolute Gasteiger partial charge is 0.352 e. The fourth-order valence-electron chi connectivity index (χ4n) is 4.86. The van der Waals surface area contributed by atoms with Crippen LogP contribution in [0.3, 0.4) is 0 Å². The van der Waals surface area contributed by atoms with E-state index in [-0.39, 0.29) is 24.3 Å². The Balaban J connectivity index is 1.67. The number of nitrogens with zero attached hydrogens (tertiary/aromatic N) is 1. The molecular formula is C30H32Cl2N2O2. The number of amides is 2. The summed E-state index contributed by atoms with van der Waals surface area (Å²) >= 11 is 12.5. The van der Waals surface area contributed by atoms with Gasteiger partial charge in [0.25, 0.3) is 0 Å². The van der Waals surface area contributed by atoms with Crippen LogP contribution < -0.4 is 5.32 Å². The highest BCUT2D eigenvalue weighted by molar-refractivity contribution is 6.35. The van der Waals surface area contributed by atoms with Crippen molar-refractivity contribution >= 4 is 35.0 Å². The van der Waals surface area contributed by atoms with E-state index in [4.69, 9.17) is 23.2 Å². The summed E-state index contributed by atoms with van der Waals surface area (Å²) in [5.74, 6) is -0.253. The highest BCUT2D eigenvalue weighted by Crippen LogP contribution is 2.24. The molecule has 0 saturated heterocycles. The van der Waals surface area contributed by atoms with Crippen LogP contribution in [-0.2, 0) is 29.0 Å². The molecule has 0 radical (unpaired) electrons. The van der Waals surface area contributed by atoms with E-state index >= 15 is 0 Å². The number of hydrogen-bond donors (Lipinski definition) is 1. The van der Waals surface area contributed by atoms with E-state index in [9.17, 15) is 9.59 Å². The van der Waals surface area contributed by atoms with Gasteiger partial charge >= 0.3 is 0 Å². The maximum absolute atomic E-state index is 13.9. The van der Waals surface area contributed by atoms with Gasteiger partial charge in [-0.3, -0.25) is 9.59 Å². The number of benzene rings is 3. The number of carbonyl (C=O) groups is 2. The van der Waals surface area contributed by atoms with Crippen LogP contribution in [0.25, 0.3) is 0 Å². The van der Waals surface area contributed by atoms with Gasteiger partial charge in [0.1, 0.15) is 6.04 Å².